The monoisotopic (exact) mass is 300 g/mol. The molecule has 0 aromatic heterocycles. The molecule has 1 atom stereocenters. The highest BCUT2D eigenvalue weighted by molar-refractivity contribution is 5.87. The van der Waals surface area contributed by atoms with Gasteiger partial charge in [0.2, 0.25) is 11.8 Å². The van der Waals surface area contributed by atoms with Gasteiger partial charge in [0.15, 0.2) is 0 Å². The second kappa shape index (κ2) is 7.36. The Morgan fingerprint density at radius 2 is 1.73 bits per heavy atom. The molecule has 0 bridgehead atoms. The van der Waals surface area contributed by atoms with Gasteiger partial charge in [-0.15, -0.1) is 0 Å². The maximum Gasteiger partial charge on any atom is 0.240 e. The van der Waals surface area contributed by atoms with Crippen LogP contribution < -0.4 is 11.1 Å². The van der Waals surface area contributed by atoms with Crippen LogP contribution in [0.3, 0.4) is 0 Å². The third kappa shape index (κ3) is 4.70. The van der Waals surface area contributed by atoms with E-state index in [0.717, 1.165) is 5.56 Å². The zero-order chi connectivity index (χ0) is 15.9. The third-order valence-electron chi connectivity index (χ3n) is 3.22. The van der Waals surface area contributed by atoms with Crippen LogP contribution in [-0.4, -0.2) is 17.9 Å². The summed E-state index contributed by atoms with van der Waals surface area (Å²) in [6.07, 6.45) is 0.321. The van der Waals surface area contributed by atoms with Gasteiger partial charge in [0.25, 0.3) is 0 Å². The summed E-state index contributed by atoms with van der Waals surface area (Å²) in [5, 5.41) is 2.60. The van der Waals surface area contributed by atoms with Crippen molar-refractivity contribution in [3.05, 3.63) is 71.5 Å². The van der Waals surface area contributed by atoms with Gasteiger partial charge >= 0.3 is 0 Å². The van der Waals surface area contributed by atoms with E-state index in [9.17, 15) is 14.0 Å². The largest absolute Gasteiger partial charge is 0.368 e. The summed E-state index contributed by atoms with van der Waals surface area (Å²) in [5.74, 6) is -1.34. The summed E-state index contributed by atoms with van der Waals surface area (Å²) in [6.45, 7) is 0. The zero-order valence-electron chi connectivity index (χ0n) is 12.0. The summed E-state index contributed by atoms with van der Waals surface area (Å²) in [7, 11) is 0. The number of hydrogen-bond donors (Lipinski definition) is 2. The van der Waals surface area contributed by atoms with Crippen molar-refractivity contribution in [2.75, 3.05) is 0 Å². The van der Waals surface area contributed by atoms with Crippen LogP contribution in [0.15, 0.2) is 54.6 Å². The molecule has 0 saturated carbocycles. The average Bonchev–Trinajstić information content (AvgIpc) is 2.47. The number of carbonyl (C=O) groups excluding carboxylic acids is 2. The lowest BCUT2D eigenvalue weighted by Gasteiger charge is -2.15. The Labute approximate surface area is 128 Å². The van der Waals surface area contributed by atoms with Gasteiger partial charge in [0.1, 0.15) is 11.9 Å². The molecule has 0 aliphatic carbocycles. The van der Waals surface area contributed by atoms with Gasteiger partial charge < -0.3 is 11.1 Å². The number of nitrogens with one attached hydrogen (secondary N) is 1. The number of halogens is 1. The van der Waals surface area contributed by atoms with Gasteiger partial charge in [0, 0.05) is 6.42 Å². The van der Waals surface area contributed by atoms with Crippen molar-refractivity contribution in [3.63, 3.8) is 0 Å². The molecule has 0 fully saturated rings. The lowest BCUT2D eigenvalue weighted by Crippen LogP contribution is -2.46. The Morgan fingerprint density at radius 1 is 1.05 bits per heavy atom. The topological polar surface area (TPSA) is 72.2 Å². The number of benzene rings is 2. The van der Waals surface area contributed by atoms with Gasteiger partial charge in [-0.05, 0) is 23.3 Å². The van der Waals surface area contributed by atoms with Crippen molar-refractivity contribution in [1.82, 2.24) is 5.32 Å². The number of amides is 2. The van der Waals surface area contributed by atoms with E-state index in [1.807, 2.05) is 30.3 Å². The molecule has 2 rings (SSSR count). The smallest absolute Gasteiger partial charge is 0.240 e. The lowest BCUT2D eigenvalue weighted by atomic mass is 10.0. The van der Waals surface area contributed by atoms with Crippen molar-refractivity contribution < 1.29 is 14.0 Å². The maximum absolute atomic E-state index is 13.2. The molecule has 0 heterocycles. The van der Waals surface area contributed by atoms with Gasteiger partial charge in [-0.2, -0.15) is 0 Å². The van der Waals surface area contributed by atoms with Crippen molar-refractivity contribution >= 4 is 11.8 Å². The first-order chi connectivity index (χ1) is 10.5. The first-order valence-electron chi connectivity index (χ1n) is 6.91. The molecule has 2 aromatic rings. The first kappa shape index (κ1) is 15.7. The van der Waals surface area contributed by atoms with Crippen LogP contribution in [0.4, 0.5) is 4.39 Å². The van der Waals surface area contributed by atoms with Crippen LogP contribution in [0.5, 0.6) is 0 Å². The van der Waals surface area contributed by atoms with Crippen LogP contribution in [-0.2, 0) is 22.4 Å². The molecule has 0 radical (unpaired) electrons. The van der Waals surface area contributed by atoms with Crippen LogP contribution in [0.1, 0.15) is 11.1 Å². The molecule has 0 saturated heterocycles. The molecular formula is C17H17FN2O2. The lowest BCUT2D eigenvalue weighted by molar-refractivity contribution is -0.127. The molecule has 2 aromatic carbocycles. The molecule has 0 aliphatic rings. The van der Waals surface area contributed by atoms with Gasteiger partial charge in [-0.25, -0.2) is 4.39 Å². The van der Waals surface area contributed by atoms with Crippen LogP contribution >= 0.6 is 0 Å². The van der Waals surface area contributed by atoms with E-state index in [4.69, 9.17) is 5.73 Å². The van der Waals surface area contributed by atoms with E-state index in [0.29, 0.717) is 5.56 Å². The SMILES string of the molecule is NC(=O)[C@@H](Cc1cccc(F)c1)NC(=O)Cc1ccccc1. The predicted octanol–water partition coefficient (Wildman–Crippen LogP) is 1.58. The van der Waals surface area contributed by atoms with E-state index in [1.54, 1.807) is 12.1 Å². The Balaban J connectivity index is 1.99. The summed E-state index contributed by atoms with van der Waals surface area (Å²) < 4.78 is 13.2. The summed E-state index contributed by atoms with van der Waals surface area (Å²) in [4.78, 5) is 23.5. The summed E-state index contributed by atoms with van der Waals surface area (Å²) in [6, 6.07) is 14.2. The summed E-state index contributed by atoms with van der Waals surface area (Å²) in [5.41, 5.74) is 6.76. The molecule has 0 unspecified atom stereocenters. The minimum absolute atomic E-state index is 0.160. The molecule has 114 valence electrons. The van der Waals surface area contributed by atoms with Gasteiger partial charge in [0.05, 0.1) is 6.42 Å². The highest BCUT2D eigenvalue weighted by Crippen LogP contribution is 2.07. The van der Waals surface area contributed by atoms with Crippen LogP contribution in [0, 0.1) is 5.82 Å². The van der Waals surface area contributed by atoms with E-state index in [1.165, 1.54) is 12.1 Å². The highest BCUT2D eigenvalue weighted by atomic mass is 19.1. The molecule has 5 heteroatoms. The van der Waals surface area contributed by atoms with Gasteiger partial charge in [-0.3, -0.25) is 9.59 Å². The maximum atomic E-state index is 13.2. The quantitative estimate of drug-likeness (QED) is 0.850. The predicted molar refractivity (Wildman–Crippen MR) is 81.4 cm³/mol. The molecule has 22 heavy (non-hydrogen) atoms. The molecule has 3 N–H and O–H groups in total. The average molecular weight is 300 g/mol. The van der Waals surface area contributed by atoms with E-state index < -0.39 is 17.8 Å². The minimum atomic E-state index is -0.863. The highest BCUT2D eigenvalue weighted by Gasteiger charge is 2.18. The van der Waals surface area contributed by atoms with Crippen LogP contribution in [0.2, 0.25) is 0 Å². The van der Waals surface area contributed by atoms with E-state index >= 15 is 0 Å². The number of rotatable bonds is 6. The molecular weight excluding hydrogens is 283 g/mol. The number of carbonyl (C=O) groups is 2. The fourth-order valence-electron chi connectivity index (χ4n) is 2.15. The minimum Gasteiger partial charge on any atom is -0.368 e. The molecule has 0 aliphatic heterocycles. The van der Waals surface area contributed by atoms with Crippen molar-refractivity contribution in [1.29, 1.82) is 0 Å². The molecule has 4 nitrogen and oxygen atoms in total. The molecule has 0 spiro atoms. The Morgan fingerprint density at radius 3 is 2.36 bits per heavy atom. The zero-order valence-corrected chi connectivity index (χ0v) is 12.0. The van der Waals surface area contributed by atoms with Crippen molar-refractivity contribution in [2.45, 2.75) is 18.9 Å². The Hall–Kier alpha value is -2.69. The number of primary amides is 1. The van der Waals surface area contributed by atoms with Gasteiger partial charge in [-0.1, -0.05) is 42.5 Å². The fraction of sp³-hybridized carbons (Fsp3) is 0.176. The van der Waals surface area contributed by atoms with Crippen molar-refractivity contribution in [2.24, 2.45) is 5.73 Å². The normalized spacial score (nSPS) is 11.7. The first-order valence-corrected chi connectivity index (χ1v) is 6.91. The Bertz CT molecular complexity index is 659. The van der Waals surface area contributed by atoms with E-state index in [2.05, 4.69) is 5.32 Å². The Kier molecular flexibility index (Phi) is 5.25. The third-order valence-corrected chi connectivity index (χ3v) is 3.22. The van der Waals surface area contributed by atoms with Crippen LogP contribution in [0.25, 0.3) is 0 Å². The standard InChI is InChI=1S/C17H17FN2O2/c18-14-8-4-7-13(9-14)10-15(17(19)22)20-16(21)11-12-5-2-1-3-6-12/h1-9,15H,10-11H2,(H2,19,22)(H,20,21)/t15-/m1/s1. The second-order valence-electron chi connectivity index (χ2n) is 5.02. The fourth-order valence-corrected chi connectivity index (χ4v) is 2.15. The summed E-state index contributed by atoms with van der Waals surface area (Å²) >= 11 is 0. The van der Waals surface area contributed by atoms with Crippen molar-refractivity contribution in [3.8, 4) is 0 Å². The second-order valence-corrected chi connectivity index (χ2v) is 5.02. The number of hydrogen-bond acceptors (Lipinski definition) is 2. The molecule has 2 amide bonds. The van der Waals surface area contributed by atoms with E-state index in [-0.39, 0.29) is 18.7 Å². The number of nitrogens with two attached hydrogens (primary N) is 1.